The van der Waals surface area contributed by atoms with E-state index >= 15 is 0 Å². The van der Waals surface area contributed by atoms with Crippen molar-refractivity contribution in [2.45, 2.75) is 40.5 Å². The lowest BCUT2D eigenvalue weighted by molar-refractivity contribution is 0.155. The van der Waals surface area contributed by atoms with Gasteiger partial charge in [-0.2, -0.15) is 0 Å². The third-order valence-electron chi connectivity index (χ3n) is 8.08. The summed E-state index contributed by atoms with van der Waals surface area (Å²) in [4.78, 5) is 9.59. The molecule has 6 nitrogen and oxygen atoms in total. The molecule has 0 bridgehead atoms. The normalized spacial score (nSPS) is 23.2. The van der Waals surface area contributed by atoms with Crippen molar-refractivity contribution in [1.29, 1.82) is 0 Å². The van der Waals surface area contributed by atoms with Crippen molar-refractivity contribution in [3.8, 4) is 11.5 Å². The second-order valence-electron chi connectivity index (χ2n) is 11.0. The number of piperazine rings is 1. The Balaban J connectivity index is 1.22. The number of allylic oxidation sites excluding steroid dienone is 1. The third-order valence-corrected chi connectivity index (χ3v) is 8.08. The lowest BCUT2D eigenvalue weighted by Crippen LogP contribution is -2.49. The lowest BCUT2D eigenvalue weighted by Gasteiger charge is -2.41. The Morgan fingerprint density at radius 1 is 0.972 bits per heavy atom. The zero-order valence-electron chi connectivity index (χ0n) is 22.1. The molecule has 3 aromatic rings. The summed E-state index contributed by atoms with van der Waals surface area (Å²) in [5, 5.41) is 8.73. The molecule has 1 aromatic carbocycles. The molecule has 5 rings (SSSR count). The highest BCUT2D eigenvalue weighted by atomic mass is 16.4. The van der Waals surface area contributed by atoms with Gasteiger partial charge in [0.05, 0.1) is 0 Å². The molecular formula is C30H39N5O. The first-order valence-electron chi connectivity index (χ1n) is 13.4. The summed E-state index contributed by atoms with van der Waals surface area (Å²) in [5.41, 5.74) is 3.68. The third kappa shape index (κ3) is 5.70. The van der Waals surface area contributed by atoms with Crippen molar-refractivity contribution in [1.82, 2.24) is 20.1 Å². The molecule has 6 heteroatoms. The van der Waals surface area contributed by atoms with Crippen LogP contribution >= 0.6 is 0 Å². The smallest absolute Gasteiger partial charge is 0.247 e. The van der Waals surface area contributed by atoms with Crippen molar-refractivity contribution in [3.05, 3.63) is 71.8 Å². The number of aryl methyl sites for hydroxylation is 1. The van der Waals surface area contributed by atoms with Crippen LogP contribution in [0.1, 0.15) is 38.6 Å². The number of benzene rings is 1. The zero-order valence-corrected chi connectivity index (χ0v) is 22.1. The molecule has 1 aliphatic carbocycles. The van der Waals surface area contributed by atoms with Crippen molar-refractivity contribution in [2.75, 3.05) is 37.6 Å². The average molecular weight is 486 g/mol. The molecule has 0 radical (unpaired) electrons. The fraction of sp³-hybridized carbons (Fsp3) is 0.500. The first-order chi connectivity index (χ1) is 17.5. The summed E-state index contributed by atoms with van der Waals surface area (Å²) in [6, 6.07) is 14.4. The van der Waals surface area contributed by atoms with Crippen LogP contribution in [-0.2, 0) is 6.42 Å². The number of hydrogen-bond donors (Lipinski definition) is 0. The van der Waals surface area contributed by atoms with Crippen LogP contribution in [-0.4, -0.2) is 52.8 Å². The van der Waals surface area contributed by atoms with Crippen LogP contribution in [0.5, 0.6) is 0 Å². The summed E-state index contributed by atoms with van der Waals surface area (Å²) in [6.07, 6.45) is 6.44. The van der Waals surface area contributed by atoms with Gasteiger partial charge in [-0.3, -0.25) is 4.90 Å². The number of rotatable bonds is 7. The average Bonchev–Trinajstić information content (AvgIpc) is 3.35. The molecule has 0 saturated carbocycles. The number of hydrogen-bond acceptors (Lipinski definition) is 6. The maximum absolute atomic E-state index is 6.08. The van der Waals surface area contributed by atoms with Crippen LogP contribution in [0.4, 0.5) is 5.82 Å². The van der Waals surface area contributed by atoms with Crippen molar-refractivity contribution in [2.24, 2.45) is 23.7 Å². The fourth-order valence-corrected chi connectivity index (χ4v) is 5.84. The second kappa shape index (κ2) is 11.0. The molecule has 3 atom stereocenters. The van der Waals surface area contributed by atoms with Crippen LogP contribution in [0, 0.1) is 30.6 Å². The number of pyridine rings is 1. The minimum atomic E-state index is 0.459. The highest BCUT2D eigenvalue weighted by molar-refractivity contribution is 5.52. The van der Waals surface area contributed by atoms with E-state index in [-0.39, 0.29) is 0 Å². The van der Waals surface area contributed by atoms with Gasteiger partial charge in [-0.05, 0) is 68.2 Å². The van der Waals surface area contributed by atoms with E-state index in [1.54, 1.807) is 0 Å². The second-order valence-corrected chi connectivity index (χ2v) is 11.0. The molecular weight excluding hydrogens is 446 g/mol. The van der Waals surface area contributed by atoms with E-state index in [1.807, 2.05) is 24.4 Å². The van der Waals surface area contributed by atoms with Gasteiger partial charge in [0.15, 0.2) is 0 Å². The van der Waals surface area contributed by atoms with Crippen molar-refractivity contribution in [3.63, 3.8) is 0 Å². The summed E-state index contributed by atoms with van der Waals surface area (Å²) in [5.74, 6) is 4.81. The first kappa shape index (κ1) is 24.7. The van der Waals surface area contributed by atoms with E-state index in [0.717, 1.165) is 56.4 Å². The standard InChI is InChI=1S/C30H39N5O/c1-21(2)27-18-25(19-29-32-33-30(36-29)24-10-8-22(3)9-11-24)23(4)17-26(27)20-34-13-15-35(16-14-34)28-7-5-6-12-31-28/h5-12,17,21,25-27H,13-16,18-20H2,1-4H3. The first-order valence-corrected chi connectivity index (χ1v) is 13.4. The largest absolute Gasteiger partial charge is 0.421 e. The summed E-state index contributed by atoms with van der Waals surface area (Å²) < 4.78 is 6.08. The van der Waals surface area contributed by atoms with E-state index in [1.165, 1.54) is 17.6 Å². The van der Waals surface area contributed by atoms with Crippen LogP contribution in [0.25, 0.3) is 11.5 Å². The number of anilines is 1. The molecule has 1 saturated heterocycles. The maximum Gasteiger partial charge on any atom is 0.247 e. The number of aromatic nitrogens is 3. The van der Waals surface area contributed by atoms with Gasteiger partial charge >= 0.3 is 0 Å². The van der Waals surface area contributed by atoms with Gasteiger partial charge in [-0.15, -0.1) is 10.2 Å². The molecule has 0 N–H and O–H groups in total. The molecule has 0 spiro atoms. The molecule has 1 fully saturated rings. The molecule has 1 aliphatic heterocycles. The molecule has 0 amide bonds. The van der Waals surface area contributed by atoms with E-state index < -0.39 is 0 Å². The highest BCUT2D eigenvalue weighted by Crippen LogP contribution is 2.39. The molecule has 3 unspecified atom stereocenters. The van der Waals surface area contributed by atoms with Gasteiger partial charge in [0.1, 0.15) is 5.82 Å². The fourth-order valence-electron chi connectivity index (χ4n) is 5.84. The summed E-state index contributed by atoms with van der Waals surface area (Å²) in [6.45, 7) is 14.6. The van der Waals surface area contributed by atoms with Gasteiger partial charge in [0.25, 0.3) is 0 Å². The van der Waals surface area contributed by atoms with Gasteiger partial charge in [0, 0.05) is 50.9 Å². The minimum absolute atomic E-state index is 0.459. The Kier molecular flexibility index (Phi) is 7.51. The monoisotopic (exact) mass is 485 g/mol. The molecule has 2 aromatic heterocycles. The van der Waals surface area contributed by atoms with Crippen LogP contribution < -0.4 is 4.90 Å². The highest BCUT2D eigenvalue weighted by Gasteiger charge is 2.34. The molecule has 36 heavy (non-hydrogen) atoms. The number of nitrogens with zero attached hydrogens (tertiary/aromatic N) is 5. The Labute approximate surface area is 215 Å². The van der Waals surface area contributed by atoms with E-state index in [9.17, 15) is 0 Å². The maximum atomic E-state index is 6.08. The van der Waals surface area contributed by atoms with E-state index in [4.69, 9.17) is 4.42 Å². The van der Waals surface area contributed by atoms with Crippen LogP contribution in [0.3, 0.4) is 0 Å². The predicted octanol–water partition coefficient (Wildman–Crippen LogP) is 5.66. The Hall–Kier alpha value is -2.99. The molecule has 190 valence electrons. The molecule has 3 heterocycles. The summed E-state index contributed by atoms with van der Waals surface area (Å²) >= 11 is 0. The lowest BCUT2D eigenvalue weighted by atomic mass is 9.69. The Morgan fingerprint density at radius 2 is 1.75 bits per heavy atom. The van der Waals surface area contributed by atoms with E-state index in [0.29, 0.717) is 29.6 Å². The topological polar surface area (TPSA) is 58.3 Å². The van der Waals surface area contributed by atoms with E-state index in [2.05, 4.69) is 83.0 Å². The Bertz CT molecular complexity index is 1150. The van der Waals surface area contributed by atoms with Crippen molar-refractivity contribution >= 4 is 5.82 Å². The minimum Gasteiger partial charge on any atom is -0.421 e. The predicted molar refractivity (Wildman–Crippen MR) is 145 cm³/mol. The SMILES string of the molecule is CC1=CC(CN2CCN(c3ccccn3)CC2)C(C(C)C)CC1Cc1nnc(-c2ccc(C)cc2)o1. The van der Waals surface area contributed by atoms with Crippen LogP contribution in [0.15, 0.2) is 64.7 Å². The zero-order chi connectivity index (χ0) is 25.1. The van der Waals surface area contributed by atoms with Gasteiger partial charge < -0.3 is 9.32 Å². The van der Waals surface area contributed by atoms with Gasteiger partial charge in [0.2, 0.25) is 11.8 Å². The van der Waals surface area contributed by atoms with Gasteiger partial charge in [-0.25, -0.2) is 4.98 Å². The Morgan fingerprint density at radius 3 is 2.44 bits per heavy atom. The van der Waals surface area contributed by atoms with Crippen molar-refractivity contribution < 1.29 is 4.42 Å². The van der Waals surface area contributed by atoms with Gasteiger partial charge in [-0.1, -0.05) is 49.3 Å². The van der Waals surface area contributed by atoms with Crippen LogP contribution in [0.2, 0.25) is 0 Å². The quantitative estimate of drug-likeness (QED) is 0.403. The summed E-state index contributed by atoms with van der Waals surface area (Å²) in [7, 11) is 0. The molecule has 2 aliphatic rings.